The molecule has 1 aromatic heterocycles. The van der Waals surface area contributed by atoms with Crippen molar-refractivity contribution in [2.45, 2.75) is 31.8 Å². The fraction of sp³-hybridized carbons (Fsp3) is 0.533. The SMILES string of the molecule is N#Cc1c(C(=O)O)c2n(c1C1CCOCC1)CCN(C(=O)O)C2. The molecule has 8 heteroatoms. The van der Waals surface area contributed by atoms with Crippen molar-refractivity contribution in [2.24, 2.45) is 0 Å². The lowest BCUT2D eigenvalue weighted by molar-refractivity contribution is 0.0691. The molecule has 3 rings (SSSR count). The summed E-state index contributed by atoms with van der Waals surface area (Å²) >= 11 is 0. The molecule has 3 heterocycles. The molecule has 0 bridgehead atoms. The average Bonchev–Trinajstić information content (AvgIpc) is 2.88. The van der Waals surface area contributed by atoms with Gasteiger partial charge in [-0.15, -0.1) is 0 Å². The lowest BCUT2D eigenvalue weighted by atomic mass is 9.93. The number of carbonyl (C=O) groups is 2. The Morgan fingerprint density at radius 2 is 1.91 bits per heavy atom. The van der Waals surface area contributed by atoms with E-state index in [-0.39, 0.29) is 30.1 Å². The standard InChI is InChI=1S/C15H17N3O5/c16-7-10-12(14(19)20)11-8-17(15(21)22)3-4-18(11)13(10)9-1-5-23-6-2-9/h9H,1-6,8H2,(H,19,20)(H,21,22). The Labute approximate surface area is 132 Å². The molecule has 0 spiro atoms. The van der Waals surface area contributed by atoms with Gasteiger partial charge in [-0.25, -0.2) is 9.59 Å². The summed E-state index contributed by atoms with van der Waals surface area (Å²) in [5.41, 5.74) is 1.25. The summed E-state index contributed by atoms with van der Waals surface area (Å²) in [5.74, 6) is -1.11. The highest BCUT2D eigenvalue weighted by molar-refractivity contribution is 5.93. The average molecular weight is 319 g/mol. The van der Waals surface area contributed by atoms with Crippen LogP contribution in [0.4, 0.5) is 4.79 Å². The molecule has 0 aliphatic carbocycles. The van der Waals surface area contributed by atoms with E-state index in [0.717, 1.165) is 18.5 Å². The van der Waals surface area contributed by atoms with Gasteiger partial charge in [0, 0.05) is 37.9 Å². The van der Waals surface area contributed by atoms with Crippen LogP contribution in [-0.4, -0.2) is 51.5 Å². The quantitative estimate of drug-likeness (QED) is 0.852. The summed E-state index contributed by atoms with van der Waals surface area (Å²) in [6, 6.07) is 2.04. The van der Waals surface area contributed by atoms with Crippen LogP contribution < -0.4 is 0 Å². The Morgan fingerprint density at radius 1 is 1.22 bits per heavy atom. The first-order valence-electron chi connectivity index (χ1n) is 7.48. The molecule has 122 valence electrons. The van der Waals surface area contributed by atoms with Gasteiger partial charge in [0.05, 0.1) is 17.8 Å². The van der Waals surface area contributed by atoms with E-state index in [2.05, 4.69) is 0 Å². The van der Waals surface area contributed by atoms with E-state index in [9.17, 15) is 20.0 Å². The van der Waals surface area contributed by atoms with E-state index in [1.807, 2.05) is 10.6 Å². The molecule has 1 fully saturated rings. The molecule has 0 saturated carbocycles. The predicted molar refractivity (Wildman–Crippen MR) is 77.3 cm³/mol. The van der Waals surface area contributed by atoms with Gasteiger partial charge in [-0.3, -0.25) is 0 Å². The van der Waals surface area contributed by atoms with Crippen LogP contribution in [0.5, 0.6) is 0 Å². The van der Waals surface area contributed by atoms with E-state index < -0.39 is 12.1 Å². The molecule has 0 aromatic carbocycles. The van der Waals surface area contributed by atoms with Gasteiger partial charge in [0.25, 0.3) is 0 Å². The fourth-order valence-electron chi connectivity index (χ4n) is 3.49. The Kier molecular flexibility index (Phi) is 3.96. The third-order valence-electron chi connectivity index (χ3n) is 4.55. The summed E-state index contributed by atoms with van der Waals surface area (Å²) in [4.78, 5) is 24.0. The number of rotatable bonds is 2. The van der Waals surface area contributed by atoms with Crippen LogP contribution >= 0.6 is 0 Å². The van der Waals surface area contributed by atoms with E-state index >= 15 is 0 Å². The number of nitriles is 1. The minimum Gasteiger partial charge on any atom is -0.478 e. The Balaban J connectivity index is 2.13. The van der Waals surface area contributed by atoms with Gasteiger partial charge in [0.1, 0.15) is 11.6 Å². The zero-order valence-electron chi connectivity index (χ0n) is 12.5. The minimum atomic E-state index is -1.18. The number of hydrogen-bond donors (Lipinski definition) is 2. The molecule has 2 N–H and O–H groups in total. The van der Waals surface area contributed by atoms with E-state index in [1.54, 1.807) is 0 Å². The third-order valence-corrected chi connectivity index (χ3v) is 4.55. The predicted octanol–water partition coefficient (Wildman–Crippen LogP) is 1.45. The molecule has 1 amide bonds. The maximum absolute atomic E-state index is 11.7. The van der Waals surface area contributed by atoms with Crippen LogP contribution in [0.2, 0.25) is 0 Å². The number of carboxylic acid groups (broad SMARTS) is 2. The highest BCUT2D eigenvalue weighted by atomic mass is 16.5. The number of fused-ring (bicyclic) bond motifs is 1. The van der Waals surface area contributed by atoms with Crippen LogP contribution in [0.15, 0.2) is 0 Å². The number of nitrogens with zero attached hydrogens (tertiary/aromatic N) is 3. The Bertz CT molecular complexity index is 697. The van der Waals surface area contributed by atoms with Gasteiger partial charge in [-0.2, -0.15) is 5.26 Å². The van der Waals surface area contributed by atoms with E-state index in [0.29, 0.717) is 25.5 Å². The molecule has 1 aromatic rings. The van der Waals surface area contributed by atoms with Crippen molar-refractivity contribution in [1.82, 2.24) is 9.47 Å². The third kappa shape index (κ3) is 2.53. The van der Waals surface area contributed by atoms with Gasteiger partial charge < -0.3 is 24.4 Å². The molecule has 0 unspecified atom stereocenters. The minimum absolute atomic E-state index is 0.00509. The van der Waals surface area contributed by atoms with E-state index in [1.165, 1.54) is 4.90 Å². The summed E-state index contributed by atoms with van der Waals surface area (Å²) in [6.45, 7) is 1.82. The van der Waals surface area contributed by atoms with Crippen LogP contribution in [0, 0.1) is 11.3 Å². The van der Waals surface area contributed by atoms with Crippen molar-refractivity contribution in [3.05, 3.63) is 22.5 Å². The van der Waals surface area contributed by atoms with Crippen LogP contribution in [-0.2, 0) is 17.8 Å². The second-order valence-electron chi connectivity index (χ2n) is 5.74. The fourth-order valence-corrected chi connectivity index (χ4v) is 3.49. The molecule has 2 aliphatic heterocycles. The largest absolute Gasteiger partial charge is 0.478 e. The number of carboxylic acids is 1. The molecule has 0 radical (unpaired) electrons. The first kappa shape index (κ1) is 15.4. The number of aromatic carboxylic acids is 1. The smallest absolute Gasteiger partial charge is 0.407 e. The first-order valence-corrected chi connectivity index (χ1v) is 7.48. The maximum Gasteiger partial charge on any atom is 0.407 e. The van der Waals surface area contributed by atoms with Crippen LogP contribution in [0.3, 0.4) is 0 Å². The Morgan fingerprint density at radius 3 is 2.48 bits per heavy atom. The molecule has 23 heavy (non-hydrogen) atoms. The highest BCUT2D eigenvalue weighted by Crippen LogP contribution is 2.36. The van der Waals surface area contributed by atoms with Crippen molar-refractivity contribution >= 4 is 12.1 Å². The van der Waals surface area contributed by atoms with Gasteiger partial charge in [0.2, 0.25) is 0 Å². The van der Waals surface area contributed by atoms with Gasteiger partial charge >= 0.3 is 12.1 Å². The monoisotopic (exact) mass is 319 g/mol. The molecule has 2 aliphatic rings. The van der Waals surface area contributed by atoms with Crippen LogP contribution in [0.1, 0.15) is 46.1 Å². The first-order chi connectivity index (χ1) is 11.0. The maximum atomic E-state index is 11.7. The van der Waals surface area contributed by atoms with Gasteiger partial charge in [-0.05, 0) is 12.8 Å². The molecule has 1 saturated heterocycles. The summed E-state index contributed by atoms with van der Waals surface area (Å²) in [5, 5.41) is 28.2. The zero-order valence-corrected chi connectivity index (χ0v) is 12.5. The topological polar surface area (TPSA) is 116 Å². The molecular weight excluding hydrogens is 302 g/mol. The number of ether oxygens (including phenoxy) is 1. The summed E-state index contributed by atoms with van der Waals surface area (Å²) in [6.07, 6.45) is 0.388. The second-order valence-corrected chi connectivity index (χ2v) is 5.74. The normalized spacial score (nSPS) is 18.3. The highest BCUT2D eigenvalue weighted by Gasteiger charge is 2.35. The molecule has 0 atom stereocenters. The lowest BCUT2D eigenvalue weighted by Crippen LogP contribution is -2.38. The zero-order chi connectivity index (χ0) is 16.6. The van der Waals surface area contributed by atoms with Crippen molar-refractivity contribution in [2.75, 3.05) is 19.8 Å². The number of amides is 1. The summed E-state index contributed by atoms with van der Waals surface area (Å²) < 4.78 is 7.19. The van der Waals surface area contributed by atoms with Crippen molar-refractivity contribution in [1.29, 1.82) is 5.26 Å². The van der Waals surface area contributed by atoms with Gasteiger partial charge in [-0.1, -0.05) is 0 Å². The molecule has 8 nitrogen and oxygen atoms in total. The van der Waals surface area contributed by atoms with Crippen molar-refractivity contribution in [3.8, 4) is 6.07 Å². The van der Waals surface area contributed by atoms with Crippen molar-refractivity contribution in [3.63, 3.8) is 0 Å². The van der Waals surface area contributed by atoms with Crippen molar-refractivity contribution < 1.29 is 24.5 Å². The van der Waals surface area contributed by atoms with Gasteiger partial charge in [0.15, 0.2) is 0 Å². The van der Waals surface area contributed by atoms with Crippen LogP contribution in [0.25, 0.3) is 0 Å². The number of hydrogen-bond acceptors (Lipinski definition) is 4. The second kappa shape index (κ2) is 5.93. The summed E-state index contributed by atoms with van der Waals surface area (Å²) in [7, 11) is 0. The lowest BCUT2D eigenvalue weighted by Gasteiger charge is -2.30. The molecular formula is C15H17N3O5. The van der Waals surface area contributed by atoms with E-state index in [4.69, 9.17) is 9.84 Å². The Hall–Kier alpha value is -2.53. The number of aromatic nitrogens is 1.